The molecule has 2 aromatic heterocycles. The molecule has 0 aromatic carbocycles. The smallest absolute Gasteiger partial charge is 0.276 e. The molecule has 2 N–H and O–H groups in total. The van der Waals surface area contributed by atoms with Crippen molar-refractivity contribution in [2.24, 2.45) is 13.0 Å². The molecule has 0 saturated carbocycles. The summed E-state index contributed by atoms with van der Waals surface area (Å²) in [4.78, 5) is 25.7. The third-order valence-electron chi connectivity index (χ3n) is 5.39. The minimum absolute atomic E-state index is 0.245. The Kier molecular flexibility index (Phi) is 6.27. The Bertz CT molecular complexity index is 1050. The van der Waals surface area contributed by atoms with E-state index in [0.29, 0.717) is 43.9 Å². The van der Waals surface area contributed by atoms with E-state index >= 15 is 0 Å². The van der Waals surface area contributed by atoms with Crippen LogP contribution in [0.25, 0.3) is 0 Å². The topological polar surface area (TPSA) is 131 Å². The summed E-state index contributed by atoms with van der Waals surface area (Å²) in [5, 5.41) is 13.9. The first-order chi connectivity index (χ1) is 14.1. The van der Waals surface area contributed by atoms with Crippen LogP contribution in [0.2, 0.25) is 0 Å². The maximum atomic E-state index is 12.9. The highest BCUT2D eigenvalue weighted by Crippen LogP contribution is 2.24. The fourth-order valence-corrected chi connectivity index (χ4v) is 4.32. The number of hydrogen-bond donors (Lipinski definition) is 2. The van der Waals surface area contributed by atoms with Crippen LogP contribution in [0.3, 0.4) is 0 Å². The molecule has 0 radical (unpaired) electrons. The summed E-state index contributed by atoms with van der Waals surface area (Å²) >= 11 is 0. The molecule has 1 saturated heterocycles. The van der Waals surface area contributed by atoms with Gasteiger partial charge in [0, 0.05) is 32.6 Å². The van der Waals surface area contributed by atoms with Crippen LogP contribution >= 0.6 is 0 Å². The molecule has 3 rings (SSSR count). The SMILES string of the molecule is CCn1ncc(NC(=O)C2CCN(S(C)(=O)=O)CC2)c1C(=O)Nc1cnn(C)c1C. The zero-order valence-electron chi connectivity index (χ0n) is 17.5. The van der Waals surface area contributed by atoms with Gasteiger partial charge in [0.15, 0.2) is 0 Å². The maximum absolute atomic E-state index is 12.9. The number of hydrogen-bond acceptors (Lipinski definition) is 6. The molecule has 30 heavy (non-hydrogen) atoms. The summed E-state index contributed by atoms with van der Waals surface area (Å²) < 4.78 is 27.8. The van der Waals surface area contributed by atoms with Crippen molar-refractivity contribution in [2.75, 3.05) is 30.0 Å². The number of aryl methyl sites for hydroxylation is 2. The van der Waals surface area contributed by atoms with E-state index in [9.17, 15) is 18.0 Å². The molecule has 0 unspecified atom stereocenters. The number of piperidine rings is 1. The quantitative estimate of drug-likeness (QED) is 0.687. The minimum atomic E-state index is -3.25. The number of anilines is 2. The van der Waals surface area contributed by atoms with Crippen LogP contribution in [-0.4, -0.2) is 63.4 Å². The summed E-state index contributed by atoms with van der Waals surface area (Å²) in [7, 11) is -1.48. The Morgan fingerprint density at radius 1 is 1.13 bits per heavy atom. The molecule has 0 bridgehead atoms. The Morgan fingerprint density at radius 3 is 2.30 bits per heavy atom. The third-order valence-corrected chi connectivity index (χ3v) is 6.69. The minimum Gasteiger partial charge on any atom is -0.323 e. The zero-order chi connectivity index (χ0) is 22.1. The zero-order valence-corrected chi connectivity index (χ0v) is 18.4. The average Bonchev–Trinajstić information content (AvgIpc) is 3.25. The second kappa shape index (κ2) is 8.56. The van der Waals surface area contributed by atoms with E-state index in [1.54, 1.807) is 17.9 Å². The van der Waals surface area contributed by atoms with Crippen LogP contribution < -0.4 is 10.6 Å². The van der Waals surface area contributed by atoms with Gasteiger partial charge in [-0.2, -0.15) is 10.2 Å². The molecule has 2 aromatic rings. The van der Waals surface area contributed by atoms with Gasteiger partial charge < -0.3 is 10.6 Å². The lowest BCUT2D eigenvalue weighted by Gasteiger charge is -2.29. The molecular weight excluding hydrogens is 410 g/mol. The van der Waals surface area contributed by atoms with Crippen molar-refractivity contribution in [3.63, 3.8) is 0 Å². The van der Waals surface area contributed by atoms with Crippen LogP contribution in [0.4, 0.5) is 11.4 Å². The van der Waals surface area contributed by atoms with Crippen LogP contribution in [0.5, 0.6) is 0 Å². The molecule has 1 fully saturated rings. The Balaban J connectivity index is 1.73. The van der Waals surface area contributed by atoms with Crippen LogP contribution in [0, 0.1) is 12.8 Å². The second-order valence-electron chi connectivity index (χ2n) is 7.37. The van der Waals surface area contributed by atoms with Crippen molar-refractivity contribution in [3.8, 4) is 0 Å². The number of aromatic nitrogens is 4. The molecule has 12 heteroatoms. The fourth-order valence-electron chi connectivity index (χ4n) is 3.44. The van der Waals surface area contributed by atoms with Crippen molar-refractivity contribution in [3.05, 3.63) is 23.8 Å². The van der Waals surface area contributed by atoms with Crippen LogP contribution in [0.1, 0.15) is 35.9 Å². The van der Waals surface area contributed by atoms with E-state index in [-0.39, 0.29) is 17.5 Å². The van der Waals surface area contributed by atoms with Gasteiger partial charge in [-0.3, -0.25) is 19.0 Å². The van der Waals surface area contributed by atoms with E-state index in [2.05, 4.69) is 20.8 Å². The Hall–Kier alpha value is -2.73. The number of nitrogens with zero attached hydrogens (tertiary/aromatic N) is 5. The normalized spacial score (nSPS) is 15.9. The van der Waals surface area contributed by atoms with Gasteiger partial charge in [-0.05, 0) is 26.7 Å². The molecule has 2 amide bonds. The summed E-state index contributed by atoms with van der Waals surface area (Å²) in [6.45, 7) is 4.76. The van der Waals surface area contributed by atoms with Gasteiger partial charge >= 0.3 is 0 Å². The highest BCUT2D eigenvalue weighted by molar-refractivity contribution is 7.88. The number of sulfonamides is 1. The molecule has 1 aliphatic heterocycles. The second-order valence-corrected chi connectivity index (χ2v) is 9.35. The summed E-state index contributed by atoms with van der Waals surface area (Å²) in [5.41, 5.74) is 1.96. The molecule has 0 atom stereocenters. The van der Waals surface area contributed by atoms with Gasteiger partial charge in [0.1, 0.15) is 5.69 Å². The Morgan fingerprint density at radius 2 is 1.77 bits per heavy atom. The molecule has 0 spiro atoms. The fraction of sp³-hybridized carbons (Fsp3) is 0.556. The predicted octanol–water partition coefficient (Wildman–Crippen LogP) is 0.807. The molecule has 11 nitrogen and oxygen atoms in total. The van der Waals surface area contributed by atoms with Crippen LogP contribution in [0.15, 0.2) is 12.4 Å². The summed E-state index contributed by atoms with van der Waals surface area (Å²) in [6.07, 6.45) is 5.04. The number of carbonyl (C=O) groups is 2. The van der Waals surface area contributed by atoms with E-state index in [0.717, 1.165) is 5.69 Å². The highest BCUT2D eigenvalue weighted by atomic mass is 32.2. The molecular formula is C18H27N7O4S. The van der Waals surface area contributed by atoms with Gasteiger partial charge in [-0.25, -0.2) is 12.7 Å². The van der Waals surface area contributed by atoms with E-state index in [4.69, 9.17) is 0 Å². The third kappa shape index (κ3) is 4.54. The first kappa shape index (κ1) is 22.0. The predicted molar refractivity (Wildman–Crippen MR) is 112 cm³/mol. The van der Waals surface area contributed by atoms with E-state index in [1.807, 2.05) is 13.8 Å². The maximum Gasteiger partial charge on any atom is 0.276 e. The van der Waals surface area contributed by atoms with Crippen molar-refractivity contribution in [1.82, 2.24) is 23.9 Å². The van der Waals surface area contributed by atoms with Crippen molar-refractivity contribution in [2.45, 2.75) is 33.2 Å². The lowest BCUT2D eigenvalue weighted by Crippen LogP contribution is -2.41. The average molecular weight is 438 g/mol. The molecule has 0 aliphatic carbocycles. The van der Waals surface area contributed by atoms with Crippen molar-refractivity contribution < 1.29 is 18.0 Å². The summed E-state index contributed by atoms with van der Waals surface area (Å²) in [6, 6.07) is 0. The summed E-state index contributed by atoms with van der Waals surface area (Å²) in [5.74, 6) is -0.970. The standard InChI is InChI=1S/C18H27N7O4S/c1-5-25-16(18(27)21-14-10-19-23(3)12(14)2)15(11-20-25)22-17(26)13-6-8-24(9-7-13)30(4,28)29/h10-11,13H,5-9H2,1-4H3,(H,21,27)(H,22,26). The molecule has 164 valence electrons. The molecule has 3 heterocycles. The van der Waals surface area contributed by atoms with Gasteiger partial charge in [-0.1, -0.05) is 0 Å². The van der Waals surface area contributed by atoms with Crippen molar-refractivity contribution >= 4 is 33.2 Å². The number of rotatable bonds is 6. The Labute approximate surface area is 175 Å². The monoisotopic (exact) mass is 437 g/mol. The van der Waals surface area contributed by atoms with Gasteiger partial charge in [-0.15, -0.1) is 0 Å². The van der Waals surface area contributed by atoms with Crippen molar-refractivity contribution in [1.29, 1.82) is 0 Å². The largest absolute Gasteiger partial charge is 0.323 e. The van der Waals surface area contributed by atoms with E-state index < -0.39 is 15.9 Å². The lowest BCUT2D eigenvalue weighted by molar-refractivity contribution is -0.120. The molecule has 1 aliphatic rings. The first-order valence-corrected chi connectivity index (χ1v) is 11.6. The number of carbonyl (C=O) groups excluding carboxylic acids is 2. The first-order valence-electron chi connectivity index (χ1n) is 9.73. The number of nitrogens with one attached hydrogen (secondary N) is 2. The van der Waals surface area contributed by atoms with Crippen LogP contribution in [-0.2, 0) is 28.4 Å². The lowest BCUT2D eigenvalue weighted by atomic mass is 9.97. The van der Waals surface area contributed by atoms with E-state index in [1.165, 1.54) is 21.4 Å². The highest BCUT2D eigenvalue weighted by Gasteiger charge is 2.30. The van der Waals surface area contributed by atoms with Gasteiger partial charge in [0.05, 0.1) is 35.7 Å². The number of amides is 2. The van der Waals surface area contributed by atoms with Gasteiger partial charge in [0.25, 0.3) is 5.91 Å². The van der Waals surface area contributed by atoms with Gasteiger partial charge in [0.2, 0.25) is 15.9 Å².